The van der Waals surface area contributed by atoms with Gasteiger partial charge in [0.1, 0.15) is 11.5 Å². The van der Waals surface area contributed by atoms with Gasteiger partial charge in [-0.2, -0.15) is 0 Å². The van der Waals surface area contributed by atoms with Gasteiger partial charge in [0.25, 0.3) is 0 Å². The predicted molar refractivity (Wildman–Crippen MR) is 89.6 cm³/mol. The minimum Gasteiger partial charge on any atom is -0.465 e. The van der Waals surface area contributed by atoms with Gasteiger partial charge in [-0.05, 0) is 55.7 Å². The van der Waals surface area contributed by atoms with E-state index in [-0.39, 0.29) is 5.92 Å². The first-order valence-corrected chi connectivity index (χ1v) is 7.89. The van der Waals surface area contributed by atoms with Crippen LogP contribution in [-0.2, 0) is 0 Å². The number of hydrogen-bond acceptors (Lipinski definition) is 4. The number of aliphatic hydroxyl groups is 2. The molecule has 0 aliphatic rings. The Balaban J connectivity index is 2.15. The van der Waals surface area contributed by atoms with Crippen LogP contribution in [0, 0.1) is 0 Å². The van der Waals surface area contributed by atoms with Crippen molar-refractivity contribution in [1.82, 2.24) is 0 Å². The second-order valence-corrected chi connectivity index (χ2v) is 5.53. The molecule has 0 bridgehead atoms. The molecular weight excluding hydrogens is 292 g/mol. The Morgan fingerprint density at radius 3 is 1.35 bits per heavy atom. The van der Waals surface area contributed by atoms with E-state index < -0.39 is 12.6 Å². The topological polar surface area (TPSA) is 58.9 Å². The van der Waals surface area contributed by atoms with Crippen LogP contribution in [0.3, 0.4) is 0 Å². The van der Waals surface area contributed by atoms with Crippen LogP contribution in [0.1, 0.15) is 44.2 Å². The molecule has 2 rings (SSSR count). The van der Waals surface area contributed by atoms with Crippen LogP contribution in [0.2, 0.25) is 0 Å². The normalized spacial score (nSPS) is 14.8. The number of aliphatic hydroxyl groups excluding tert-OH is 2. The molecule has 0 aliphatic heterocycles. The third kappa shape index (κ3) is 4.98. The van der Waals surface area contributed by atoms with Gasteiger partial charge in [0.05, 0.1) is 0 Å². The molecule has 4 heteroatoms. The predicted octanol–water partition coefficient (Wildman–Crippen LogP) is 3.66. The van der Waals surface area contributed by atoms with E-state index in [4.69, 9.17) is 9.47 Å². The van der Waals surface area contributed by atoms with Crippen LogP contribution in [-0.4, -0.2) is 22.8 Å². The first kappa shape index (κ1) is 17.3. The minimum absolute atomic E-state index is 0.274. The average Bonchev–Trinajstić information content (AvgIpc) is 2.50. The molecule has 2 unspecified atom stereocenters. The molecule has 0 saturated carbocycles. The Bertz CT molecular complexity index is 534. The average molecular weight is 316 g/mol. The van der Waals surface area contributed by atoms with Crippen molar-refractivity contribution in [2.75, 3.05) is 0 Å². The summed E-state index contributed by atoms with van der Waals surface area (Å²) in [5.41, 5.74) is 2.38. The summed E-state index contributed by atoms with van der Waals surface area (Å²) < 4.78 is 10.5. The summed E-state index contributed by atoms with van der Waals surface area (Å²) in [5, 5.41) is 18.5. The molecule has 0 fully saturated rings. The maximum Gasteiger partial charge on any atom is 0.194 e. The summed E-state index contributed by atoms with van der Waals surface area (Å²) >= 11 is 0. The highest BCUT2D eigenvalue weighted by Crippen LogP contribution is 2.30. The van der Waals surface area contributed by atoms with Crippen LogP contribution in [0.4, 0.5) is 0 Å². The van der Waals surface area contributed by atoms with Gasteiger partial charge in [-0.25, -0.2) is 0 Å². The van der Waals surface area contributed by atoms with Crippen LogP contribution in [0.5, 0.6) is 11.5 Å². The third-order valence-corrected chi connectivity index (χ3v) is 3.59. The zero-order valence-corrected chi connectivity index (χ0v) is 13.8. The van der Waals surface area contributed by atoms with Crippen molar-refractivity contribution in [2.24, 2.45) is 0 Å². The fraction of sp³-hybridized carbons (Fsp3) is 0.368. The van der Waals surface area contributed by atoms with Crippen LogP contribution < -0.4 is 9.47 Å². The lowest BCUT2D eigenvalue weighted by Gasteiger charge is -2.18. The minimum atomic E-state index is -0.815. The van der Waals surface area contributed by atoms with Gasteiger partial charge in [-0.1, -0.05) is 31.2 Å². The molecule has 0 radical (unpaired) electrons. The van der Waals surface area contributed by atoms with Gasteiger partial charge in [-0.15, -0.1) is 0 Å². The Morgan fingerprint density at radius 1 is 0.739 bits per heavy atom. The van der Waals surface area contributed by atoms with Gasteiger partial charge >= 0.3 is 0 Å². The molecule has 0 aromatic heterocycles. The summed E-state index contributed by atoms with van der Waals surface area (Å²) in [4.78, 5) is 0. The second kappa shape index (κ2) is 7.99. The Labute approximate surface area is 137 Å². The molecule has 23 heavy (non-hydrogen) atoms. The fourth-order valence-electron chi connectivity index (χ4n) is 2.62. The fourth-order valence-corrected chi connectivity index (χ4v) is 2.62. The number of rotatable bonds is 7. The van der Waals surface area contributed by atoms with Crippen molar-refractivity contribution in [3.8, 4) is 11.5 Å². The first-order chi connectivity index (χ1) is 11.0. The number of benzene rings is 2. The zero-order valence-electron chi connectivity index (χ0n) is 13.8. The molecule has 0 spiro atoms. The molecule has 0 saturated heterocycles. The molecule has 2 aromatic rings. The van der Waals surface area contributed by atoms with E-state index in [0.29, 0.717) is 11.5 Å². The van der Waals surface area contributed by atoms with E-state index in [9.17, 15) is 10.2 Å². The highest BCUT2D eigenvalue weighted by molar-refractivity contribution is 5.38. The van der Waals surface area contributed by atoms with Crippen molar-refractivity contribution in [1.29, 1.82) is 0 Å². The SMILES string of the molecule is CCC(c1ccc(OC(C)O)cc1)c1ccc(OC(C)O)cc1. The molecule has 0 aliphatic carbocycles. The molecular formula is C19H24O4. The zero-order chi connectivity index (χ0) is 16.8. The molecule has 0 heterocycles. The second-order valence-electron chi connectivity index (χ2n) is 5.53. The highest BCUT2D eigenvalue weighted by atomic mass is 16.6. The van der Waals surface area contributed by atoms with E-state index in [1.54, 1.807) is 13.8 Å². The molecule has 2 N–H and O–H groups in total. The van der Waals surface area contributed by atoms with Crippen molar-refractivity contribution < 1.29 is 19.7 Å². The number of hydrogen-bond donors (Lipinski definition) is 2. The summed E-state index contributed by atoms with van der Waals surface area (Å²) in [5.74, 6) is 1.58. The van der Waals surface area contributed by atoms with Crippen LogP contribution >= 0.6 is 0 Å². The third-order valence-electron chi connectivity index (χ3n) is 3.59. The molecule has 2 aromatic carbocycles. The maximum atomic E-state index is 9.24. The monoisotopic (exact) mass is 316 g/mol. The highest BCUT2D eigenvalue weighted by Gasteiger charge is 2.13. The first-order valence-electron chi connectivity index (χ1n) is 7.89. The Hall–Kier alpha value is -2.04. The lowest BCUT2D eigenvalue weighted by Crippen LogP contribution is -2.10. The molecule has 0 amide bonds. The maximum absolute atomic E-state index is 9.24. The van der Waals surface area contributed by atoms with Crippen molar-refractivity contribution in [3.05, 3.63) is 59.7 Å². The lowest BCUT2D eigenvalue weighted by molar-refractivity contribution is -0.000873. The summed E-state index contributed by atoms with van der Waals surface area (Å²) in [6.07, 6.45) is -0.665. The number of ether oxygens (including phenoxy) is 2. The van der Waals surface area contributed by atoms with Crippen LogP contribution in [0.15, 0.2) is 48.5 Å². The van der Waals surface area contributed by atoms with Crippen molar-refractivity contribution in [2.45, 2.75) is 45.7 Å². The van der Waals surface area contributed by atoms with E-state index in [2.05, 4.69) is 6.92 Å². The van der Waals surface area contributed by atoms with Gasteiger partial charge in [0.2, 0.25) is 0 Å². The van der Waals surface area contributed by atoms with Crippen molar-refractivity contribution in [3.63, 3.8) is 0 Å². The largest absolute Gasteiger partial charge is 0.465 e. The summed E-state index contributed by atoms with van der Waals surface area (Å²) in [6.45, 7) is 5.31. The van der Waals surface area contributed by atoms with E-state index >= 15 is 0 Å². The smallest absolute Gasteiger partial charge is 0.194 e. The standard InChI is InChI=1S/C19H24O4/c1-4-19(15-5-9-17(10-6-15)22-13(2)20)16-7-11-18(12-8-16)23-14(3)21/h5-14,19-21H,4H2,1-3H3. The Morgan fingerprint density at radius 2 is 1.09 bits per heavy atom. The van der Waals surface area contributed by atoms with Gasteiger partial charge in [-0.3, -0.25) is 0 Å². The van der Waals surface area contributed by atoms with Gasteiger partial charge in [0, 0.05) is 5.92 Å². The van der Waals surface area contributed by atoms with Crippen LogP contribution in [0.25, 0.3) is 0 Å². The van der Waals surface area contributed by atoms with Gasteiger partial charge in [0.15, 0.2) is 12.6 Å². The molecule has 2 atom stereocenters. The quantitative estimate of drug-likeness (QED) is 0.765. The van der Waals surface area contributed by atoms with Crippen molar-refractivity contribution >= 4 is 0 Å². The Kier molecular flexibility index (Phi) is 6.02. The summed E-state index contributed by atoms with van der Waals surface area (Å²) in [7, 11) is 0. The van der Waals surface area contributed by atoms with E-state index in [1.165, 1.54) is 11.1 Å². The van der Waals surface area contributed by atoms with E-state index in [0.717, 1.165) is 6.42 Å². The molecule has 4 nitrogen and oxygen atoms in total. The lowest BCUT2D eigenvalue weighted by atomic mass is 9.89. The summed E-state index contributed by atoms with van der Waals surface area (Å²) in [6, 6.07) is 15.6. The van der Waals surface area contributed by atoms with E-state index in [1.807, 2.05) is 48.5 Å². The molecule has 124 valence electrons. The van der Waals surface area contributed by atoms with Gasteiger partial charge < -0.3 is 19.7 Å².